The van der Waals surface area contributed by atoms with Crippen molar-refractivity contribution in [2.24, 2.45) is 0 Å². The van der Waals surface area contributed by atoms with Gasteiger partial charge in [0.25, 0.3) is 5.56 Å². The van der Waals surface area contributed by atoms with Gasteiger partial charge in [0.05, 0.1) is 31.1 Å². The van der Waals surface area contributed by atoms with Crippen LogP contribution in [0, 0.1) is 0 Å². The number of aliphatic hydroxyl groups is 3. The van der Waals surface area contributed by atoms with E-state index in [9.17, 15) is 25.0 Å². The summed E-state index contributed by atoms with van der Waals surface area (Å²) < 4.78 is 26.6. The summed E-state index contributed by atoms with van der Waals surface area (Å²) in [7, 11) is 0. The van der Waals surface area contributed by atoms with Gasteiger partial charge >= 0.3 is 6.72 Å². The number of hydrogen-bond acceptors (Lipinski definition) is 17. The van der Waals surface area contributed by atoms with Crippen LogP contribution in [0.1, 0.15) is 11.6 Å². The lowest BCUT2D eigenvalue weighted by Crippen LogP contribution is -2.45. The molecule has 0 aromatic carbocycles. The van der Waals surface area contributed by atoms with Crippen molar-refractivity contribution in [3.8, 4) is 0 Å². The van der Waals surface area contributed by atoms with Crippen LogP contribution in [0.5, 0.6) is 0 Å². The van der Waals surface area contributed by atoms with E-state index in [2.05, 4.69) is 29.9 Å². The summed E-state index contributed by atoms with van der Waals surface area (Å²) >= 11 is 6.44. The van der Waals surface area contributed by atoms with Gasteiger partial charge in [-0.1, -0.05) is 0 Å². The third-order valence-electron chi connectivity index (χ3n) is 8.22. The number of aliphatic hydroxyl groups excluding tert-OH is 2. The normalized spacial score (nSPS) is 37.7. The second-order valence-electron chi connectivity index (χ2n) is 10.7. The Kier molecular flexibility index (Phi) is 5.87. The molecule has 43 heavy (non-hydrogen) atoms. The number of nitrogens with zero attached hydrogens (tertiary/aromatic N) is 7. The van der Waals surface area contributed by atoms with E-state index in [0.29, 0.717) is 11.2 Å². The first-order valence-electron chi connectivity index (χ1n) is 12.8. The molecular formula is C21H23N10O9PS2. The van der Waals surface area contributed by atoms with Crippen LogP contribution in [0.3, 0.4) is 0 Å². The van der Waals surface area contributed by atoms with Crippen LogP contribution < -0.4 is 17.0 Å². The maximum absolute atomic E-state index is 12.3. The third-order valence-corrected chi connectivity index (χ3v) is 11.4. The number of aromatic nitrogens is 8. The minimum absolute atomic E-state index is 0.00188. The molecule has 2 unspecified atom stereocenters. The smallest absolute Gasteiger partial charge is 0.325 e. The van der Waals surface area contributed by atoms with Gasteiger partial charge in [0.2, 0.25) is 5.95 Å². The van der Waals surface area contributed by atoms with Gasteiger partial charge < -0.3 is 45.7 Å². The molecule has 4 aromatic heterocycles. The number of fused-ring (bicyclic) bond motifs is 5. The summed E-state index contributed by atoms with van der Waals surface area (Å²) in [6.45, 7) is -4.70. The first-order chi connectivity index (χ1) is 20.4. The van der Waals surface area contributed by atoms with Crippen molar-refractivity contribution >= 4 is 64.4 Å². The van der Waals surface area contributed by atoms with Crippen LogP contribution in [0.15, 0.2) is 23.8 Å². The van der Waals surface area contributed by atoms with Gasteiger partial charge in [0.1, 0.15) is 52.8 Å². The second-order valence-corrected chi connectivity index (χ2v) is 14.8. The molecular weight excluding hydrogens is 631 g/mol. The summed E-state index contributed by atoms with van der Waals surface area (Å²) in [4.78, 5) is 46.4. The van der Waals surface area contributed by atoms with Crippen LogP contribution in [-0.2, 0) is 30.3 Å². The number of hydrogen-bond donors (Lipinski definition) is 7. The quantitative estimate of drug-likeness (QED) is 0.101. The van der Waals surface area contributed by atoms with Crippen molar-refractivity contribution in [1.82, 2.24) is 39.0 Å². The van der Waals surface area contributed by atoms with E-state index in [1.807, 2.05) is 0 Å². The third kappa shape index (κ3) is 3.88. The van der Waals surface area contributed by atoms with Gasteiger partial charge in [-0.15, -0.1) is 11.8 Å². The highest BCUT2D eigenvalue weighted by Gasteiger charge is 2.77. The number of thioether (sulfide) groups is 1. The minimum Gasteiger partial charge on any atom is -0.389 e. The molecule has 7 heterocycles. The van der Waals surface area contributed by atoms with Crippen LogP contribution in [0.25, 0.3) is 22.3 Å². The Labute approximate surface area is 248 Å². The first kappa shape index (κ1) is 27.7. The molecule has 228 valence electrons. The molecule has 4 aliphatic rings. The highest BCUT2D eigenvalue weighted by molar-refractivity contribution is 8.07. The fourth-order valence-corrected chi connectivity index (χ4v) is 9.26. The molecule has 22 heteroatoms. The van der Waals surface area contributed by atoms with Crippen molar-refractivity contribution in [1.29, 1.82) is 0 Å². The lowest BCUT2D eigenvalue weighted by atomic mass is 10.0. The summed E-state index contributed by atoms with van der Waals surface area (Å²) in [5.41, 5.74) is 8.65. The van der Waals surface area contributed by atoms with Gasteiger partial charge in [0.15, 0.2) is 28.9 Å². The monoisotopic (exact) mass is 654 g/mol. The number of anilines is 2. The summed E-state index contributed by atoms with van der Waals surface area (Å²) in [5, 5.41) is 31.2. The summed E-state index contributed by atoms with van der Waals surface area (Å²) in [5.74, 6) is 0.0240. The fourth-order valence-electron chi connectivity index (χ4n) is 5.94. The van der Waals surface area contributed by atoms with Crippen molar-refractivity contribution < 1.29 is 38.7 Å². The number of H-pyrrole nitrogens is 1. The molecule has 4 fully saturated rings. The number of nitrogens with two attached hydrogens (primary N) is 2. The number of nitrogens with one attached hydrogen (secondary N) is 1. The lowest BCUT2D eigenvalue weighted by molar-refractivity contribution is -0.183. The maximum atomic E-state index is 12.3. The molecule has 0 spiro atoms. The minimum atomic E-state index is -4.18. The predicted octanol–water partition coefficient (Wildman–Crippen LogP) is -2.51. The predicted molar refractivity (Wildman–Crippen MR) is 150 cm³/mol. The molecule has 0 amide bonds. The number of nitrogen functional groups attached to an aromatic ring is 2. The van der Waals surface area contributed by atoms with Gasteiger partial charge in [-0.2, -0.15) is 4.98 Å². The van der Waals surface area contributed by atoms with Crippen molar-refractivity contribution in [3.05, 3.63) is 29.3 Å². The molecule has 10 atom stereocenters. The highest BCUT2D eigenvalue weighted by atomic mass is 32.5. The lowest BCUT2D eigenvalue weighted by Gasteiger charge is -2.33. The van der Waals surface area contributed by atoms with E-state index in [4.69, 9.17) is 41.8 Å². The zero-order valence-corrected chi connectivity index (χ0v) is 24.1. The van der Waals surface area contributed by atoms with Gasteiger partial charge in [-0.25, -0.2) is 19.9 Å². The SMILES string of the molecule is Nc1nc2c(ncn2[C@@H]2S[C@@H]3C(O)[C@]3(O)[C@H]2OP(O)(=S)OC[C@@]23CO[C@@H]([C@@H](n4cnc5c(N)ncnc54)O2)[C@@H]3O)c(=O)[nH]1. The Morgan fingerprint density at radius 2 is 1.93 bits per heavy atom. The second kappa shape index (κ2) is 9.11. The van der Waals surface area contributed by atoms with E-state index in [0.717, 1.165) is 11.8 Å². The highest BCUT2D eigenvalue weighted by Crippen LogP contribution is 2.66. The molecule has 2 bridgehead atoms. The van der Waals surface area contributed by atoms with E-state index < -0.39 is 71.4 Å². The maximum Gasteiger partial charge on any atom is 0.325 e. The molecule has 1 aliphatic carbocycles. The van der Waals surface area contributed by atoms with Gasteiger partial charge in [-0.05, 0) is 11.8 Å². The van der Waals surface area contributed by atoms with Crippen LogP contribution >= 0.6 is 18.5 Å². The Morgan fingerprint density at radius 3 is 2.74 bits per heavy atom. The zero-order chi connectivity index (χ0) is 30.1. The zero-order valence-electron chi connectivity index (χ0n) is 21.6. The number of ether oxygens (including phenoxy) is 2. The number of aromatic amines is 1. The van der Waals surface area contributed by atoms with E-state index in [1.54, 1.807) is 4.57 Å². The Hall–Kier alpha value is -2.82. The van der Waals surface area contributed by atoms with Crippen LogP contribution in [0.4, 0.5) is 11.8 Å². The average molecular weight is 655 g/mol. The van der Waals surface area contributed by atoms with Gasteiger partial charge in [-0.3, -0.25) is 23.4 Å². The first-order valence-corrected chi connectivity index (χ1v) is 16.3. The molecule has 3 aliphatic heterocycles. The van der Waals surface area contributed by atoms with Crippen molar-refractivity contribution in [2.75, 3.05) is 24.7 Å². The molecule has 3 saturated heterocycles. The summed E-state index contributed by atoms with van der Waals surface area (Å²) in [6.07, 6.45) is -1.32. The number of imidazole rings is 2. The van der Waals surface area contributed by atoms with Crippen LogP contribution in [-0.4, -0.2) is 113 Å². The Morgan fingerprint density at radius 1 is 1.16 bits per heavy atom. The van der Waals surface area contributed by atoms with Gasteiger partial charge in [0, 0.05) is 0 Å². The van der Waals surface area contributed by atoms with Crippen molar-refractivity contribution in [3.63, 3.8) is 0 Å². The Balaban J connectivity index is 1.04. The molecule has 8 rings (SSSR count). The molecule has 19 nitrogen and oxygen atoms in total. The molecule has 0 radical (unpaired) electrons. The average Bonchev–Trinajstić information content (AvgIpc) is 3.59. The van der Waals surface area contributed by atoms with Crippen LogP contribution in [0.2, 0.25) is 0 Å². The van der Waals surface area contributed by atoms with E-state index in [-0.39, 0.29) is 29.5 Å². The molecule has 4 aromatic rings. The Bertz CT molecular complexity index is 1910. The van der Waals surface area contributed by atoms with E-state index >= 15 is 0 Å². The van der Waals surface area contributed by atoms with E-state index in [1.165, 1.54) is 23.5 Å². The molecule has 1 saturated carbocycles. The summed E-state index contributed by atoms with van der Waals surface area (Å²) in [6, 6.07) is 0. The standard InChI is InChI=1S/C21H23N10O9PS2/c22-13-6-14(25-3-24-13)30(4-26-6)17-8-9(32)20(39-17,1-37-8)2-38-41(36,42)40-11-18(43-12-10(33)21(11,12)35)31-5-27-7-15(31)28-19(23)29-16(7)34/h3-5,8-12,17-18,32-33,35H,1-2H2,(H,36,42)(H2,22,24,25)(H3,23,28,29,34)/t8-,9+,10?,11+,12-,17+,18-,20-,21+,41?/m1/s1. The molecule has 9 N–H and O–H groups in total. The van der Waals surface area contributed by atoms with Crippen molar-refractivity contribution in [2.45, 2.75) is 52.5 Å². The topological polar surface area (TPSA) is 277 Å². The number of rotatable bonds is 7. The largest absolute Gasteiger partial charge is 0.389 e. The fraction of sp³-hybridized carbons (Fsp3) is 0.524.